The van der Waals surface area contributed by atoms with Gasteiger partial charge < -0.3 is 11.1 Å². The van der Waals surface area contributed by atoms with Crippen LogP contribution >= 0.6 is 11.3 Å². The molecule has 7 heteroatoms. The second-order valence-electron chi connectivity index (χ2n) is 4.88. The molecule has 0 unspecified atom stereocenters. The fourth-order valence-corrected chi connectivity index (χ4v) is 3.31. The van der Waals surface area contributed by atoms with Crippen LogP contribution in [-0.4, -0.2) is 20.7 Å². The Kier molecular flexibility index (Phi) is 3.13. The third kappa shape index (κ3) is 2.25. The molecule has 6 nitrogen and oxygen atoms in total. The van der Waals surface area contributed by atoms with E-state index in [-0.39, 0.29) is 5.91 Å². The van der Waals surface area contributed by atoms with Gasteiger partial charge in [-0.2, -0.15) is 5.10 Å². The summed E-state index contributed by atoms with van der Waals surface area (Å²) in [6, 6.07) is 3.66. The average Bonchev–Trinajstić information content (AvgIpc) is 2.92. The van der Waals surface area contributed by atoms with E-state index >= 15 is 0 Å². The number of fused-ring (bicyclic) bond motifs is 1. The molecule has 0 aliphatic heterocycles. The van der Waals surface area contributed by atoms with Crippen molar-refractivity contribution >= 4 is 38.8 Å². The largest absolute Gasteiger partial charge is 0.397 e. The summed E-state index contributed by atoms with van der Waals surface area (Å²) in [5.74, 6) is -0.223. The van der Waals surface area contributed by atoms with Crippen LogP contribution in [0.15, 0.2) is 18.3 Å². The predicted molar refractivity (Wildman–Crippen MR) is 84.7 cm³/mol. The summed E-state index contributed by atoms with van der Waals surface area (Å²) in [6.07, 6.45) is 1.63. The summed E-state index contributed by atoms with van der Waals surface area (Å²) in [5, 5.41) is 7.98. The molecule has 0 bridgehead atoms. The lowest BCUT2D eigenvalue weighted by Crippen LogP contribution is -2.12. The molecule has 0 radical (unpaired) electrons. The molecule has 0 aromatic carbocycles. The second kappa shape index (κ2) is 4.85. The first-order valence-corrected chi connectivity index (χ1v) is 7.24. The first-order valence-electron chi connectivity index (χ1n) is 6.43. The van der Waals surface area contributed by atoms with E-state index in [1.54, 1.807) is 10.9 Å². The van der Waals surface area contributed by atoms with Crippen molar-refractivity contribution in [2.24, 2.45) is 7.05 Å². The molecule has 3 aromatic rings. The fourth-order valence-electron chi connectivity index (χ4n) is 2.23. The van der Waals surface area contributed by atoms with Gasteiger partial charge in [-0.25, -0.2) is 0 Å². The molecule has 0 saturated carbocycles. The van der Waals surface area contributed by atoms with Gasteiger partial charge in [0.25, 0.3) is 5.91 Å². The second-order valence-corrected chi connectivity index (χ2v) is 5.88. The third-order valence-electron chi connectivity index (χ3n) is 3.26. The number of thiophene rings is 1. The number of aryl methyl sites for hydroxylation is 3. The lowest BCUT2D eigenvalue weighted by molar-refractivity contribution is 0.103. The molecular weight excluding hydrogens is 286 g/mol. The number of aromatic nitrogens is 3. The summed E-state index contributed by atoms with van der Waals surface area (Å²) >= 11 is 1.34. The molecule has 0 aliphatic carbocycles. The molecule has 0 aliphatic rings. The monoisotopic (exact) mass is 301 g/mol. The van der Waals surface area contributed by atoms with Crippen molar-refractivity contribution in [2.75, 3.05) is 11.1 Å². The van der Waals surface area contributed by atoms with Crippen molar-refractivity contribution in [2.45, 2.75) is 13.8 Å². The van der Waals surface area contributed by atoms with Crippen LogP contribution in [0.25, 0.3) is 10.2 Å². The van der Waals surface area contributed by atoms with Crippen LogP contribution in [-0.2, 0) is 7.05 Å². The Morgan fingerprint density at radius 3 is 2.76 bits per heavy atom. The van der Waals surface area contributed by atoms with Crippen LogP contribution in [0, 0.1) is 13.8 Å². The molecular formula is C14H15N5OS. The van der Waals surface area contributed by atoms with Crippen LogP contribution in [0.5, 0.6) is 0 Å². The Labute approximate surface area is 125 Å². The van der Waals surface area contributed by atoms with Gasteiger partial charge in [-0.15, -0.1) is 11.3 Å². The Bertz CT molecular complexity index is 831. The number of hydrogen-bond donors (Lipinski definition) is 2. The Morgan fingerprint density at radius 1 is 1.38 bits per heavy atom. The van der Waals surface area contributed by atoms with Crippen molar-refractivity contribution in [1.82, 2.24) is 14.8 Å². The highest BCUT2D eigenvalue weighted by Gasteiger charge is 2.21. The smallest absolute Gasteiger partial charge is 0.267 e. The lowest BCUT2D eigenvalue weighted by atomic mass is 10.2. The maximum Gasteiger partial charge on any atom is 0.267 e. The summed E-state index contributed by atoms with van der Waals surface area (Å²) in [5.41, 5.74) is 8.98. The van der Waals surface area contributed by atoms with Crippen molar-refractivity contribution in [3.63, 3.8) is 0 Å². The van der Waals surface area contributed by atoms with E-state index in [0.717, 1.165) is 21.6 Å². The normalized spacial score (nSPS) is 11.0. The van der Waals surface area contributed by atoms with Gasteiger partial charge in [0, 0.05) is 12.7 Å². The van der Waals surface area contributed by atoms with Gasteiger partial charge in [-0.1, -0.05) is 0 Å². The number of nitrogen functional groups attached to an aromatic ring is 1. The van der Waals surface area contributed by atoms with Crippen LogP contribution in [0.2, 0.25) is 0 Å². The number of nitrogens with two attached hydrogens (primary N) is 1. The van der Waals surface area contributed by atoms with Gasteiger partial charge in [0.15, 0.2) is 0 Å². The highest BCUT2D eigenvalue weighted by molar-refractivity contribution is 7.21. The van der Waals surface area contributed by atoms with Crippen LogP contribution < -0.4 is 11.1 Å². The van der Waals surface area contributed by atoms with Crippen LogP contribution in [0.4, 0.5) is 11.4 Å². The molecule has 21 heavy (non-hydrogen) atoms. The average molecular weight is 301 g/mol. The summed E-state index contributed by atoms with van der Waals surface area (Å²) in [4.78, 5) is 17.9. The van der Waals surface area contributed by atoms with E-state index in [0.29, 0.717) is 16.3 Å². The molecule has 0 fully saturated rings. The molecule has 3 rings (SSSR count). The van der Waals surface area contributed by atoms with Gasteiger partial charge in [0.05, 0.1) is 28.7 Å². The Balaban J connectivity index is 1.96. The topological polar surface area (TPSA) is 85.8 Å². The maximum absolute atomic E-state index is 12.4. The minimum absolute atomic E-state index is 0.223. The lowest BCUT2D eigenvalue weighted by Gasteiger charge is -2.04. The van der Waals surface area contributed by atoms with E-state index in [1.165, 1.54) is 11.3 Å². The number of carbonyl (C=O) groups excluding carboxylic acids is 1. The third-order valence-corrected chi connectivity index (χ3v) is 4.53. The summed E-state index contributed by atoms with van der Waals surface area (Å²) < 4.78 is 1.75. The number of amides is 1. The van der Waals surface area contributed by atoms with E-state index in [4.69, 9.17) is 5.73 Å². The molecule has 0 atom stereocenters. The number of hydrogen-bond acceptors (Lipinski definition) is 5. The minimum atomic E-state index is -0.223. The summed E-state index contributed by atoms with van der Waals surface area (Å²) in [6.45, 7) is 3.78. The molecule has 1 amide bonds. The molecule has 3 N–H and O–H groups in total. The fraction of sp³-hybridized carbons (Fsp3) is 0.214. The van der Waals surface area contributed by atoms with Crippen LogP contribution in [0.1, 0.15) is 21.1 Å². The van der Waals surface area contributed by atoms with Crippen molar-refractivity contribution < 1.29 is 4.79 Å². The van der Waals surface area contributed by atoms with Crippen LogP contribution in [0.3, 0.4) is 0 Å². The van der Waals surface area contributed by atoms with E-state index in [2.05, 4.69) is 15.4 Å². The summed E-state index contributed by atoms with van der Waals surface area (Å²) in [7, 11) is 1.84. The molecule has 0 spiro atoms. The predicted octanol–water partition coefficient (Wildman–Crippen LogP) is 2.48. The van der Waals surface area contributed by atoms with Gasteiger partial charge in [0.2, 0.25) is 0 Å². The van der Waals surface area contributed by atoms with Gasteiger partial charge >= 0.3 is 0 Å². The zero-order valence-electron chi connectivity index (χ0n) is 12.0. The highest BCUT2D eigenvalue weighted by Crippen LogP contribution is 2.35. The quantitative estimate of drug-likeness (QED) is 0.761. The number of pyridine rings is 1. The number of nitrogens with zero attached hydrogens (tertiary/aromatic N) is 3. The number of rotatable bonds is 2. The number of carbonyl (C=O) groups is 1. The number of nitrogens with one attached hydrogen (secondary N) is 1. The zero-order chi connectivity index (χ0) is 15.1. The van der Waals surface area contributed by atoms with Gasteiger partial charge in [0.1, 0.15) is 9.71 Å². The SMILES string of the molecule is Cc1ccc(NC(=O)c2sc3c(c(C)nn3C)c2N)cn1. The Morgan fingerprint density at radius 2 is 2.14 bits per heavy atom. The van der Waals surface area contributed by atoms with E-state index < -0.39 is 0 Å². The molecule has 108 valence electrons. The van der Waals surface area contributed by atoms with Gasteiger partial charge in [-0.3, -0.25) is 14.5 Å². The van der Waals surface area contributed by atoms with E-state index in [1.807, 2.05) is 33.0 Å². The molecule has 3 heterocycles. The van der Waals surface area contributed by atoms with E-state index in [9.17, 15) is 4.79 Å². The van der Waals surface area contributed by atoms with Crippen molar-refractivity contribution in [3.05, 3.63) is 34.6 Å². The van der Waals surface area contributed by atoms with Crippen molar-refractivity contribution in [3.8, 4) is 0 Å². The highest BCUT2D eigenvalue weighted by atomic mass is 32.1. The minimum Gasteiger partial charge on any atom is -0.397 e. The van der Waals surface area contributed by atoms with Gasteiger partial charge in [-0.05, 0) is 26.0 Å². The molecule has 0 saturated heterocycles. The standard InChI is InChI=1S/C14H15N5OS/c1-7-4-5-9(6-16-7)17-13(20)12-11(15)10-8(2)18-19(3)14(10)21-12/h4-6H,15H2,1-3H3,(H,17,20). The Hall–Kier alpha value is -2.41. The maximum atomic E-state index is 12.4. The molecule has 3 aromatic heterocycles. The number of anilines is 2. The first kappa shape index (κ1) is 13.6. The first-order chi connectivity index (χ1) is 9.97. The zero-order valence-corrected chi connectivity index (χ0v) is 12.8. The van der Waals surface area contributed by atoms with Crippen molar-refractivity contribution in [1.29, 1.82) is 0 Å².